The minimum atomic E-state index is 0. The fourth-order valence-electron chi connectivity index (χ4n) is 0.185. The summed E-state index contributed by atoms with van der Waals surface area (Å²) in [7, 11) is 0. The van der Waals surface area contributed by atoms with E-state index in [1.807, 2.05) is 0 Å². The molecule has 0 aliphatic carbocycles. The zero-order valence-electron chi connectivity index (χ0n) is 3.23. The largest absolute Gasteiger partial charge is 0.412 e. The van der Waals surface area contributed by atoms with Crippen LogP contribution in [0.5, 0.6) is 0 Å². The first-order valence-electron chi connectivity index (χ1n) is 1.49. The third kappa shape index (κ3) is 0.771. The summed E-state index contributed by atoms with van der Waals surface area (Å²) >= 11 is 0. The third-order valence-corrected chi connectivity index (χ3v) is 0.526. The van der Waals surface area contributed by atoms with Crippen LogP contribution in [0, 0.1) is 0 Å². The van der Waals surface area contributed by atoms with Crippen LogP contribution in [0.2, 0.25) is 0 Å². The molecule has 0 aromatic carbocycles. The van der Waals surface area contributed by atoms with Gasteiger partial charge in [0.15, 0.2) is 5.78 Å². The summed E-state index contributed by atoms with van der Waals surface area (Å²) in [5, 5.41) is 0. The molecule has 0 amide bonds. The van der Waals surface area contributed by atoms with Crippen molar-refractivity contribution in [2.75, 3.05) is 13.2 Å². The molecule has 0 saturated carbocycles. The Morgan fingerprint density at radius 3 is 1.83 bits per heavy atom. The Bertz CT molecular complexity index is 53.1. The quantitative estimate of drug-likeness (QED) is 0.373. The fourth-order valence-corrected chi connectivity index (χ4v) is 0.185. The molecule has 0 unspecified atom stereocenters. The lowest BCUT2D eigenvalue weighted by atomic mass is 10.4. The summed E-state index contributed by atoms with van der Waals surface area (Å²) < 4.78 is 4.48. The Kier molecular flexibility index (Phi) is 1.76. The van der Waals surface area contributed by atoms with Crippen LogP contribution in [-0.4, -0.2) is 24.5 Å². The van der Waals surface area contributed by atoms with Gasteiger partial charge in [0.25, 0.3) is 0 Å². The maximum atomic E-state index is 9.77. The second kappa shape index (κ2) is 1.89. The molecule has 3 nitrogen and oxygen atoms in total. The van der Waals surface area contributed by atoms with Crippen molar-refractivity contribution in [3.63, 3.8) is 0 Å². The van der Waals surface area contributed by atoms with Crippen LogP contribution in [0.3, 0.4) is 0 Å². The predicted octanol–water partition coefficient (Wildman–Crippen LogP) is -1.24. The SMILES string of the molecule is O.O=C1COC1. The van der Waals surface area contributed by atoms with Crippen molar-refractivity contribution in [2.24, 2.45) is 0 Å². The van der Waals surface area contributed by atoms with E-state index in [-0.39, 0.29) is 11.3 Å². The standard InChI is InChI=1S/C3H4O2.H2O/c4-3-1-5-2-3;/h1-2H2;1H2. The highest BCUT2D eigenvalue weighted by Gasteiger charge is 2.10. The van der Waals surface area contributed by atoms with Gasteiger partial charge in [-0.2, -0.15) is 0 Å². The average molecular weight is 90.1 g/mol. The van der Waals surface area contributed by atoms with Gasteiger partial charge in [-0.3, -0.25) is 4.79 Å². The highest BCUT2D eigenvalue weighted by Crippen LogP contribution is 1.88. The lowest BCUT2D eigenvalue weighted by Crippen LogP contribution is -2.26. The number of rotatable bonds is 0. The van der Waals surface area contributed by atoms with Gasteiger partial charge in [-0.05, 0) is 0 Å². The molecule has 6 heavy (non-hydrogen) atoms. The van der Waals surface area contributed by atoms with Crippen molar-refractivity contribution in [1.82, 2.24) is 0 Å². The highest BCUT2D eigenvalue weighted by atomic mass is 16.5. The molecule has 1 rings (SSSR count). The minimum Gasteiger partial charge on any atom is -0.412 e. The Hall–Kier alpha value is -0.410. The van der Waals surface area contributed by atoms with Crippen LogP contribution in [0.1, 0.15) is 0 Å². The van der Waals surface area contributed by atoms with E-state index in [0.29, 0.717) is 13.2 Å². The van der Waals surface area contributed by atoms with Gasteiger partial charge >= 0.3 is 0 Å². The minimum absolute atomic E-state index is 0. The van der Waals surface area contributed by atoms with Crippen molar-refractivity contribution in [3.8, 4) is 0 Å². The zero-order valence-corrected chi connectivity index (χ0v) is 3.23. The molecule has 1 saturated heterocycles. The van der Waals surface area contributed by atoms with Crippen molar-refractivity contribution in [1.29, 1.82) is 0 Å². The van der Waals surface area contributed by atoms with Crippen LogP contribution < -0.4 is 0 Å². The monoisotopic (exact) mass is 90.0 g/mol. The number of hydrogen-bond donors (Lipinski definition) is 0. The first-order valence-corrected chi connectivity index (χ1v) is 1.49. The van der Waals surface area contributed by atoms with E-state index in [1.54, 1.807) is 0 Å². The molecule has 1 heterocycles. The Labute approximate surface area is 35.2 Å². The van der Waals surface area contributed by atoms with Crippen LogP contribution in [0.25, 0.3) is 0 Å². The van der Waals surface area contributed by atoms with Gasteiger partial charge in [0.1, 0.15) is 13.2 Å². The van der Waals surface area contributed by atoms with Gasteiger partial charge in [-0.1, -0.05) is 0 Å². The second-order valence-electron chi connectivity index (χ2n) is 1.03. The van der Waals surface area contributed by atoms with Gasteiger partial charge in [0.2, 0.25) is 0 Å². The summed E-state index contributed by atoms with van der Waals surface area (Å²) in [5.74, 6) is 0.213. The molecule has 1 fully saturated rings. The van der Waals surface area contributed by atoms with Crippen molar-refractivity contribution < 1.29 is 15.0 Å². The first-order chi connectivity index (χ1) is 2.39. The Morgan fingerprint density at radius 2 is 1.83 bits per heavy atom. The normalized spacial score (nSPS) is 18.3. The van der Waals surface area contributed by atoms with E-state index >= 15 is 0 Å². The molecule has 1 aliphatic heterocycles. The number of ketones is 1. The summed E-state index contributed by atoms with van der Waals surface area (Å²) in [6, 6.07) is 0. The number of hydrogen-bond acceptors (Lipinski definition) is 2. The molecule has 0 spiro atoms. The molecule has 0 aromatic rings. The van der Waals surface area contributed by atoms with Crippen LogP contribution >= 0.6 is 0 Å². The van der Waals surface area contributed by atoms with Crippen molar-refractivity contribution in [3.05, 3.63) is 0 Å². The fraction of sp³-hybridized carbons (Fsp3) is 0.667. The van der Waals surface area contributed by atoms with Crippen LogP contribution in [0.4, 0.5) is 0 Å². The summed E-state index contributed by atoms with van der Waals surface area (Å²) in [5.41, 5.74) is 0. The maximum absolute atomic E-state index is 9.77. The topological polar surface area (TPSA) is 57.8 Å². The van der Waals surface area contributed by atoms with E-state index in [4.69, 9.17) is 0 Å². The van der Waals surface area contributed by atoms with Gasteiger partial charge in [0.05, 0.1) is 0 Å². The smallest absolute Gasteiger partial charge is 0.184 e. The first kappa shape index (κ1) is 5.59. The molecule has 36 valence electrons. The lowest BCUT2D eigenvalue weighted by Gasteiger charge is -2.07. The molecule has 0 atom stereocenters. The molecular formula is C3H6O3. The predicted molar refractivity (Wildman–Crippen MR) is 19.4 cm³/mol. The lowest BCUT2D eigenvalue weighted by molar-refractivity contribution is -0.140. The summed E-state index contributed by atoms with van der Waals surface area (Å²) in [4.78, 5) is 9.77. The molecule has 1 aliphatic rings. The molecule has 0 aromatic heterocycles. The van der Waals surface area contributed by atoms with E-state index in [0.717, 1.165) is 0 Å². The molecular weight excluding hydrogens is 84.0 g/mol. The van der Waals surface area contributed by atoms with Gasteiger partial charge in [-0.15, -0.1) is 0 Å². The van der Waals surface area contributed by atoms with Gasteiger partial charge < -0.3 is 10.2 Å². The van der Waals surface area contributed by atoms with Crippen LogP contribution in [0.15, 0.2) is 0 Å². The zero-order chi connectivity index (χ0) is 3.70. The molecule has 0 bridgehead atoms. The van der Waals surface area contributed by atoms with Gasteiger partial charge in [0, 0.05) is 0 Å². The van der Waals surface area contributed by atoms with E-state index < -0.39 is 0 Å². The van der Waals surface area contributed by atoms with Crippen molar-refractivity contribution in [2.45, 2.75) is 0 Å². The van der Waals surface area contributed by atoms with E-state index in [9.17, 15) is 4.79 Å². The summed E-state index contributed by atoms with van der Waals surface area (Å²) in [6.07, 6.45) is 0. The Balaban J connectivity index is 0.000000250. The maximum Gasteiger partial charge on any atom is 0.184 e. The van der Waals surface area contributed by atoms with Crippen LogP contribution in [-0.2, 0) is 9.53 Å². The average Bonchev–Trinajstić information content (AvgIpc) is 1.30. The Morgan fingerprint density at radius 1 is 1.50 bits per heavy atom. The number of ether oxygens (including phenoxy) is 1. The van der Waals surface area contributed by atoms with E-state index in [2.05, 4.69) is 4.74 Å². The van der Waals surface area contributed by atoms with E-state index in [1.165, 1.54) is 0 Å². The summed E-state index contributed by atoms with van der Waals surface area (Å²) in [6.45, 7) is 0.694. The number of Topliss-reactive ketones (excluding diaryl/α,β-unsaturated/α-hetero) is 1. The number of carbonyl (C=O) groups excluding carboxylic acids is 1. The van der Waals surface area contributed by atoms with Crippen molar-refractivity contribution >= 4 is 5.78 Å². The second-order valence-corrected chi connectivity index (χ2v) is 1.03. The molecule has 3 heteroatoms. The number of carbonyl (C=O) groups is 1. The highest BCUT2D eigenvalue weighted by molar-refractivity contribution is 5.84. The van der Waals surface area contributed by atoms with Gasteiger partial charge in [-0.25, -0.2) is 0 Å². The third-order valence-electron chi connectivity index (χ3n) is 0.526. The molecule has 0 radical (unpaired) electrons. The molecule has 2 N–H and O–H groups in total.